The predicted octanol–water partition coefficient (Wildman–Crippen LogP) is 1.41. The number of carbonyl (C=O) groups excluding carboxylic acids is 2. The van der Waals surface area contributed by atoms with Crippen molar-refractivity contribution in [1.29, 1.82) is 0 Å². The third-order valence-electron chi connectivity index (χ3n) is 7.59. The molecule has 0 aliphatic carbocycles. The number of sulfone groups is 1. The molecule has 1 aromatic carbocycles. The number of nitrogens with zero attached hydrogens (tertiary/aromatic N) is 4. The van der Waals surface area contributed by atoms with Gasteiger partial charge in [-0.1, -0.05) is 6.07 Å². The zero-order chi connectivity index (χ0) is 25.0. The summed E-state index contributed by atoms with van der Waals surface area (Å²) in [4.78, 5) is 37.0. The van der Waals surface area contributed by atoms with Gasteiger partial charge in [-0.15, -0.1) is 0 Å². The number of piperidine rings is 1. The van der Waals surface area contributed by atoms with Gasteiger partial charge >= 0.3 is 5.97 Å². The number of rotatable bonds is 5. The molecule has 2 aromatic rings. The number of ether oxygens (including phenoxy) is 1. The Morgan fingerprint density at radius 1 is 1.11 bits per heavy atom. The third-order valence-corrected chi connectivity index (χ3v) is 8.57. The Morgan fingerprint density at radius 2 is 1.83 bits per heavy atom. The van der Waals surface area contributed by atoms with Crippen LogP contribution in [-0.4, -0.2) is 72.7 Å². The lowest BCUT2D eigenvalue weighted by atomic mass is 9.77. The van der Waals surface area contributed by atoms with Crippen molar-refractivity contribution in [2.45, 2.75) is 43.9 Å². The molecule has 1 N–H and O–H groups in total. The van der Waals surface area contributed by atoms with E-state index in [1.165, 1.54) is 12.4 Å². The zero-order valence-corrected chi connectivity index (χ0v) is 20.5. The molecule has 11 heteroatoms. The summed E-state index contributed by atoms with van der Waals surface area (Å²) in [5.74, 6) is 0.0444. The molecule has 3 aliphatic heterocycles. The lowest BCUT2D eigenvalue weighted by Gasteiger charge is -2.38. The van der Waals surface area contributed by atoms with Crippen LogP contribution in [0.15, 0.2) is 29.6 Å². The number of aliphatic hydroxyl groups excluding tert-OH is 1. The van der Waals surface area contributed by atoms with Gasteiger partial charge in [0, 0.05) is 24.9 Å². The molecule has 2 fully saturated rings. The molecule has 186 valence electrons. The number of esters is 1. The van der Waals surface area contributed by atoms with Gasteiger partial charge in [0.15, 0.2) is 20.7 Å². The minimum atomic E-state index is -3.45. The van der Waals surface area contributed by atoms with Crippen molar-refractivity contribution in [3.8, 4) is 0 Å². The lowest BCUT2D eigenvalue weighted by Crippen LogP contribution is -2.45. The van der Waals surface area contributed by atoms with E-state index in [0.717, 1.165) is 22.9 Å². The Morgan fingerprint density at radius 3 is 2.49 bits per heavy atom. The van der Waals surface area contributed by atoms with E-state index < -0.39 is 21.4 Å². The average molecular weight is 501 g/mol. The molecule has 4 heterocycles. The fourth-order valence-corrected chi connectivity index (χ4v) is 5.87. The number of aromatic nitrogens is 2. The van der Waals surface area contributed by atoms with Crippen LogP contribution >= 0.6 is 0 Å². The van der Waals surface area contributed by atoms with E-state index in [2.05, 4.69) is 14.9 Å². The van der Waals surface area contributed by atoms with Crippen LogP contribution in [0.5, 0.6) is 0 Å². The normalized spacial score (nSPS) is 20.8. The first-order chi connectivity index (χ1) is 16.6. The Bertz CT molecular complexity index is 1290. The maximum atomic E-state index is 13.3. The molecular weight excluding hydrogens is 472 g/mol. The molecule has 1 amide bonds. The second-order valence-corrected chi connectivity index (χ2v) is 11.6. The number of anilines is 1. The molecule has 35 heavy (non-hydrogen) atoms. The van der Waals surface area contributed by atoms with Gasteiger partial charge in [0.1, 0.15) is 6.61 Å². The Balaban J connectivity index is 1.22. The molecule has 3 aliphatic rings. The highest BCUT2D eigenvalue weighted by atomic mass is 32.2. The van der Waals surface area contributed by atoms with Gasteiger partial charge in [0.2, 0.25) is 5.91 Å². The average Bonchev–Trinajstić information content (AvgIpc) is 3.36. The molecule has 5 rings (SSSR count). The maximum absolute atomic E-state index is 13.3. The van der Waals surface area contributed by atoms with Crippen LogP contribution in [0, 0.1) is 12.3 Å². The summed E-state index contributed by atoms with van der Waals surface area (Å²) in [6, 6.07) is 3.52. The second-order valence-electron chi connectivity index (χ2n) is 9.67. The van der Waals surface area contributed by atoms with E-state index in [1.54, 1.807) is 17.0 Å². The molecule has 1 spiro atoms. The SMILES string of the molecule is Cc1c(C(O)CN2CCC3(CC2)CCN(c2cnc(S(C)(=O)=O)cn2)C3=O)ccc2c1COC2=O. The largest absolute Gasteiger partial charge is 0.457 e. The zero-order valence-electron chi connectivity index (χ0n) is 19.7. The summed E-state index contributed by atoms with van der Waals surface area (Å²) < 4.78 is 28.4. The van der Waals surface area contributed by atoms with Crippen LogP contribution in [0.1, 0.15) is 52.4 Å². The van der Waals surface area contributed by atoms with Crippen LogP contribution in [0.25, 0.3) is 0 Å². The van der Waals surface area contributed by atoms with Crippen LogP contribution in [0.3, 0.4) is 0 Å². The first-order valence-corrected chi connectivity index (χ1v) is 13.5. The summed E-state index contributed by atoms with van der Waals surface area (Å²) >= 11 is 0. The number of cyclic esters (lactones) is 1. The highest BCUT2D eigenvalue weighted by Crippen LogP contribution is 2.43. The summed E-state index contributed by atoms with van der Waals surface area (Å²) in [5.41, 5.74) is 2.62. The Kier molecular flexibility index (Phi) is 5.89. The number of hydrogen-bond donors (Lipinski definition) is 1. The van der Waals surface area contributed by atoms with Crippen LogP contribution in [-0.2, 0) is 26.0 Å². The number of aliphatic hydroxyl groups is 1. The predicted molar refractivity (Wildman–Crippen MR) is 125 cm³/mol. The van der Waals surface area contributed by atoms with E-state index in [0.29, 0.717) is 56.8 Å². The summed E-state index contributed by atoms with van der Waals surface area (Å²) in [6.45, 7) is 4.47. The number of fused-ring (bicyclic) bond motifs is 1. The van der Waals surface area contributed by atoms with Gasteiger partial charge in [-0.05, 0) is 56.5 Å². The van der Waals surface area contributed by atoms with Crippen molar-refractivity contribution in [3.63, 3.8) is 0 Å². The van der Waals surface area contributed by atoms with Crippen molar-refractivity contribution in [2.24, 2.45) is 5.41 Å². The number of likely N-dealkylation sites (tertiary alicyclic amines) is 1. The smallest absolute Gasteiger partial charge is 0.338 e. The maximum Gasteiger partial charge on any atom is 0.338 e. The molecule has 1 unspecified atom stereocenters. The Labute approximate surface area is 203 Å². The number of amides is 1. The van der Waals surface area contributed by atoms with Crippen LogP contribution in [0.2, 0.25) is 0 Å². The topological polar surface area (TPSA) is 130 Å². The molecule has 1 aromatic heterocycles. The minimum absolute atomic E-state index is 0.00163. The molecule has 2 saturated heterocycles. The number of hydrogen-bond acceptors (Lipinski definition) is 9. The molecule has 0 saturated carbocycles. The van der Waals surface area contributed by atoms with Crippen LogP contribution < -0.4 is 4.90 Å². The quantitative estimate of drug-likeness (QED) is 0.606. The summed E-state index contributed by atoms with van der Waals surface area (Å²) in [7, 11) is -3.45. The van der Waals surface area contributed by atoms with Gasteiger partial charge in [0.25, 0.3) is 0 Å². The highest BCUT2D eigenvalue weighted by molar-refractivity contribution is 7.90. The summed E-state index contributed by atoms with van der Waals surface area (Å²) in [5, 5.41) is 10.8. The summed E-state index contributed by atoms with van der Waals surface area (Å²) in [6.07, 6.45) is 4.95. The minimum Gasteiger partial charge on any atom is -0.457 e. The fourth-order valence-electron chi connectivity index (χ4n) is 5.38. The third kappa shape index (κ3) is 4.21. The van der Waals surface area contributed by atoms with Crippen molar-refractivity contribution in [3.05, 3.63) is 46.8 Å². The van der Waals surface area contributed by atoms with E-state index in [1.807, 2.05) is 6.92 Å². The van der Waals surface area contributed by atoms with E-state index in [4.69, 9.17) is 4.74 Å². The van der Waals surface area contributed by atoms with E-state index in [9.17, 15) is 23.1 Å². The number of benzene rings is 1. The van der Waals surface area contributed by atoms with E-state index in [-0.39, 0.29) is 23.5 Å². The number of carbonyl (C=O) groups is 2. The Hall–Kier alpha value is -2.89. The van der Waals surface area contributed by atoms with Gasteiger partial charge in [-0.25, -0.2) is 23.2 Å². The first kappa shape index (κ1) is 23.8. The van der Waals surface area contributed by atoms with Gasteiger partial charge in [-0.3, -0.25) is 9.69 Å². The standard InChI is InChI=1S/C24H28N4O6S/c1-15-16(3-4-17-18(15)14-34-22(17)30)19(29)13-27-8-5-24(6-9-27)7-10-28(23(24)31)20-11-26-21(12-25-20)35(2,32)33/h3-4,11-12,19,29H,5-10,13-14H2,1-2H3. The molecule has 0 bridgehead atoms. The van der Waals surface area contributed by atoms with Crippen molar-refractivity contribution < 1.29 is 27.9 Å². The second kappa shape index (κ2) is 8.65. The lowest BCUT2D eigenvalue weighted by molar-refractivity contribution is -0.128. The monoisotopic (exact) mass is 500 g/mol. The fraction of sp³-hybridized carbons (Fsp3) is 0.500. The van der Waals surface area contributed by atoms with Gasteiger partial charge < -0.3 is 14.7 Å². The molecule has 0 radical (unpaired) electrons. The first-order valence-electron chi connectivity index (χ1n) is 11.6. The van der Waals surface area contributed by atoms with Gasteiger partial charge in [-0.2, -0.15) is 0 Å². The highest BCUT2D eigenvalue weighted by Gasteiger charge is 2.49. The molecule has 1 atom stereocenters. The van der Waals surface area contributed by atoms with E-state index >= 15 is 0 Å². The van der Waals surface area contributed by atoms with Gasteiger partial charge in [0.05, 0.1) is 29.5 Å². The van der Waals surface area contributed by atoms with Crippen LogP contribution in [0.4, 0.5) is 5.82 Å². The van der Waals surface area contributed by atoms with Crippen molar-refractivity contribution in [1.82, 2.24) is 14.9 Å². The molecular formula is C24H28N4O6S. The van der Waals surface area contributed by atoms with Crippen molar-refractivity contribution >= 4 is 27.5 Å². The van der Waals surface area contributed by atoms with Crippen molar-refractivity contribution in [2.75, 3.05) is 37.3 Å². The molecule has 10 nitrogen and oxygen atoms in total. The number of β-amino-alcohol motifs (C(OH)–C–C–N with tert-alkyl or cyclic N) is 1.